The molecule has 1 aliphatic rings. The van der Waals surface area contributed by atoms with Gasteiger partial charge in [-0.25, -0.2) is 0 Å². The van der Waals surface area contributed by atoms with Gasteiger partial charge in [-0.2, -0.15) is 0 Å². The zero-order valence-electron chi connectivity index (χ0n) is 11.6. The number of carbonyl (C=O) groups is 1. The van der Waals surface area contributed by atoms with Crippen molar-refractivity contribution in [1.82, 2.24) is 0 Å². The molecule has 2 aromatic carbocycles. The summed E-state index contributed by atoms with van der Waals surface area (Å²) in [4.78, 5) is 14.9. The molecule has 0 spiro atoms. The fourth-order valence-corrected chi connectivity index (χ4v) is 4.01. The van der Waals surface area contributed by atoms with Crippen LogP contribution in [0.1, 0.15) is 29.3 Å². The molecular weight excluding hydrogens is 394 g/mol. The Labute approximate surface area is 141 Å². The topological polar surface area (TPSA) is 20.3 Å². The Hall–Kier alpha value is -1.13. The molecule has 0 aromatic heterocycles. The smallest absolute Gasteiger partial charge is 0.259 e. The largest absolute Gasteiger partial charge is 0.305 e. The number of amides is 1. The van der Waals surface area contributed by atoms with E-state index in [9.17, 15) is 4.79 Å². The Morgan fingerprint density at radius 3 is 2.71 bits per heavy atom. The quantitative estimate of drug-likeness (QED) is 0.635. The molecule has 0 N–H and O–H groups in total. The third-order valence-electron chi connectivity index (χ3n) is 3.90. The van der Waals surface area contributed by atoms with Gasteiger partial charge in [-0.05, 0) is 65.5 Å². The van der Waals surface area contributed by atoms with Gasteiger partial charge in [0.15, 0.2) is 0 Å². The number of para-hydroxylation sites is 1. The minimum Gasteiger partial charge on any atom is -0.305 e. The first kappa shape index (κ1) is 14.8. The lowest BCUT2D eigenvalue weighted by atomic mass is 9.96. The number of benzene rings is 2. The van der Waals surface area contributed by atoms with Crippen molar-refractivity contribution in [2.45, 2.75) is 25.8 Å². The fourth-order valence-electron chi connectivity index (χ4n) is 2.79. The van der Waals surface area contributed by atoms with Crippen LogP contribution in [0.5, 0.6) is 0 Å². The first-order valence-electron chi connectivity index (χ1n) is 6.94. The SMILES string of the molecule is CC1CCc2ccccc2N1C(=O)c1ccc(Br)cc1Br. The molecule has 3 rings (SSSR count). The fraction of sp³-hybridized carbons (Fsp3) is 0.235. The molecule has 21 heavy (non-hydrogen) atoms. The molecule has 2 aromatic rings. The van der Waals surface area contributed by atoms with Gasteiger partial charge in [0.25, 0.3) is 5.91 Å². The highest BCUT2D eigenvalue weighted by molar-refractivity contribution is 9.11. The van der Waals surface area contributed by atoms with E-state index >= 15 is 0 Å². The second kappa shape index (κ2) is 5.93. The molecule has 1 unspecified atom stereocenters. The number of carbonyl (C=O) groups excluding carboxylic acids is 1. The summed E-state index contributed by atoms with van der Waals surface area (Å²) in [5.41, 5.74) is 2.98. The maximum atomic E-state index is 13.0. The second-order valence-corrected chi connectivity index (χ2v) is 7.09. The number of hydrogen-bond donors (Lipinski definition) is 0. The van der Waals surface area contributed by atoms with Crippen LogP contribution in [0, 0.1) is 0 Å². The second-order valence-electron chi connectivity index (χ2n) is 5.32. The van der Waals surface area contributed by atoms with Gasteiger partial charge < -0.3 is 4.90 Å². The maximum Gasteiger partial charge on any atom is 0.259 e. The number of halogens is 2. The maximum absolute atomic E-state index is 13.0. The van der Waals surface area contributed by atoms with Crippen molar-refractivity contribution in [3.8, 4) is 0 Å². The van der Waals surface area contributed by atoms with E-state index in [1.165, 1.54) is 5.56 Å². The average Bonchev–Trinajstić information content (AvgIpc) is 2.46. The van der Waals surface area contributed by atoms with E-state index in [0.29, 0.717) is 5.56 Å². The van der Waals surface area contributed by atoms with E-state index in [1.54, 1.807) is 0 Å². The predicted octanol–water partition coefficient (Wildman–Crippen LogP) is 5.19. The van der Waals surface area contributed by atoms with E-state index in [-0.39, 0.29) is 11.9 Å². The molecule has 1 amide bonds. The molecule has 0 fully saturated rings. The van der Waals surface area contributed by atoms with Gasteiger partial charge in [-0.15, -0.1) is 0 Å². The minimum atomic E-state index is 0.0500. The third-order valence-corrected chi connectivity index (χ3v) is 5.05. The normalized spacial score (nSPS) is 17.5. The molecule has 0 radical (unpaired) electrons. The Morgan fingerprint density at radius 2 is 1.95 bits per heavy atom. The molecular formula is C17H15Br2NO. The number of anilines is 1. The number of rotatable bonds is 1. The van der Waals surface area contributed by atoms with Gasteiger partial charge in [-0.1, -0.05) is 34.1 Å². The zero-order chi connectivity index (χ0) is 15.0. The molecule has 1 heterocycles. The van der Waals surface area contributed by atoms with E-state index < -0.39 is 0 Å². The molecule has 0 saturated heterocycles. The predicted molar refractivity (Wildman–Crippen MR) is 92.9 cm³/mol. The van der Waals surface area contributed by atoms with Crippen molar-refractivity contribution in [3.05, 3.63) is 62.5 Å². The van der Waals surface area contributed by atoms with Gasteiger partial charge >= 0.3 is 0 Å². The molecule has 108 valence electrons. The van der Waals surface area contributed by atoms with Crippen LogP contribution in [0.15, 0.2) is 51.4 Å². The van der Waals surface area contributed by atoms with Crippen LogP contribution < -0.4 is 4.90 Å². The Morgan fingerprint density at radius 1 is 1.19 bits per heavy atom. The van der Waals surface area contributed by atoms with Gasteiger partial charge in [-0.3, -0.25) is 4.79 Å². The number of nitrogens with zero attached hydrogens (tertiary/aromatic N) is 1. The van der Waals surface area contributed by atoms with Gasteiger partial charge in [0, 0.05) is 20.7 Å². The van der Waals surface area contributed by atoms with Crippen LogP contribution >= 0.6 is 31.9 Å². The number of hydrogen-bond acceptors (Lipinski definition) is 1. The molecule has 2 nitrogen and oxygen atoms in total. The van der Waals surface area contributed by atoms with Gasteiger partial charge in [0.05, 0.1) is 5.56 Å². The highest BCUT2D eigenvalue weighted by Gasteiger charge is 2.29. The van der Waals surface area contributed by atoms with Crippen molar-refractivity contribution in [3.63, 3.8) is 0 Å². The summed E-state index contributed by atoms with van der Waals surface area (Å²) in [6.45, 7) is 2.11. The van der Waals surface area contributed by atoms with Crippen molar-refractivity contribution >= 4 is 43.5 Å². The van der Waals surface area contributed by atoms with Crippen LogP contribution in [-0.4, -0.2) is 11.9 Å². The summed E-state index contributed by atoms with van der Waals surface area (Å²) in [6, 6.07) is 14.1. The highest BCUT2D eigenvalue weighted by atomic mass is 79.9. The summed E-state index contributed by atoms with van der Waals surface area (Å²) in [7, 11) is 0. The summed E-state index contributed by atoms with van der Waals surface area (Å²) < 4.78 is 1.77. The summed E-state index contributed by atoms with van der Waals surface area (Å²) >= 11 is 6.92. The lowest BCUT2D eigenvalue weighted by Gasteiger charge is -2.35. The van der Waals surface area contributed by atoms with Crippen LogP contribution in [0.4, 0.5) is 5.69 Å². The monoisotopic (exact) mass is 407 g/mol. The lowest BCUT2D eigenvalue weighted by Crippen LogP contribution is -2.42. The van der Waals surface area contributed by atoms with Crippen LogP contribution in [0.25, 0.3) is 0 Å². The van der Waals surface area contributed by atoms with Gasteiger partial charge in [0.2, 0.25) is 0 Å². The first-order valence-corrected chi connectivity index (χ1v) is 8.53. The standard InChI is InChI=1S/C17H15Br2NO/c1-11-6-7-12-4-2-3-5-16(12)20(11)17(21)14-9-8-13(18)10-15(14)19/h2-5,8-11H,6-7H2,1H3. The van der Waals surface area contributed by atoms with Crippen molar-refractivity contribution < 1.29 is 4.79 Å². The van der Waals surface area contributed by atoms with E-state index in [1.807, 2.05) is 41.3 Å². The molecule has 1 aliphatic heterocycles. The Balaban J connectivity index is 2.05. The Kier molecular flexibility index (Phi) is 4.18. The van der Waals surface area contributed by atoms with E-state index in [2.05, 4.69) is 44.8 Å². The molecule has 0 saturated carbocycles. The summed E-state index contributed by atoms with van der Waals surface area (Å²) in [6.07, 6.45) is 2.03. The van der Waals surface area contributed by atoms with Crippen LogP contribution in [-0.2, 0) is 6.42 Å². The van der Waals surface area contributed by atoms with Crippen LogP contribution in [0.2, 0.25) is 0 Å². The molecule has 0 aliphatic carbocycles. The summed E-state index contributed by atoms with van der Waals surface area (Å²) in [5.74, 6) is 0.0500. The average molecular weight is 409 g/mol. The first-order chi connectivity index (χ1) is 10.1. The van der Waals surface area contributed by atoms with Crippen molar-refractivity contribution in [1.29, 1.82) is 0 Å². The van der Waals surface area contributed by atoms with Crippen molar-refractivity contribution in [2.24, 2.45) is 0 Å². The van der Waals surface area contributed by atoms with E-state index in [4.69, 9.17) is 0 Å². The molecule has 4 heteroatoms. The van der Waals surface area contributed by atoms with E-state index in [0.717, 1.165) is 27.5 Å². The number of fused-ring (bicyclic) bond motifs is 1. The molecule has 1 atom stereocenters. The molecule has 0 bridgehead atoms. The number of aryl methyl sites for hydroxylation is 1. The highest BCUT2D eigenvalue weighted by Crippen LogP contribution is 2.33. The van der Waals surface area contributed by atoms with Crippen LogP contribution in [0.3, 0.4) is 0 Å². The van der Waals surface area contributed by atoms with Gasteiger partial charge in [0.1, 0.15) is 0 Å². The Bertz CT molecular complexity index is 699. The summed E-state index contributed by atoms with van der Waals surface area (Å²) in [5, 5.41) is 0. The zero-order valence-corrected chi connectivity index (χ0v) is 14.8. The lowest BCUT2D eigenvalue weighted by molar-refractivity contribution is 0.0974. The van der Waals surface area contributed by atoms with Crippen molar-refractivity contribution in [2.75, 3.05) is 4.90 Å². The minimum absolute atomic E-state index is 0.0500. The third kappa shape index (κ3) is 2.79.